The quantitative estimate of drug-likeness (QED) is 0.341. The lowest BCUT2D eigenvalue weighted by atomic mass is 10.0. The molecule has 0 aliphatic carbocycles. The number of nitrogens with zero attached hydrogens (tertiary/aromatic N) is 1. The molecule has 0 amide bonds. The molecule has 4 nitrogen and oxygen atoms in total. The van der Waals surface area contributed by atoms with Crippen LogP contribution in [0.4, 0.5) is 4.39 Å². The standard InChI is InChI=1S/C28H28FN3OS/c1-18-13-19(2)26-23(14-18)15-24(27(33)31-26)17-32(16-21-9-11-25(29)12-10-21)28(34)30-20(3)22-7-5-4-6-8-22/h4-15,20H,16-17H2,1-3H3,(H,30,34)(H,31,33)/t20-/m1/s1. The number of nitrogens with one attached hydrogen (secondary N) is 2. The van der Waals surface area contributed by atoms with E-state index in [4.69, 9.17) is 12.2 Å². The van der Waals surface area contributed by atoms with Gasteiger partial charge >= 0.3 is 0 Å². The van der Waals surface area contributed by atoms with Crippen molar-refractivity contribution in [1.29, 1.82) is 0 Å². The van der Waals surface area contributed by atoms with E-state index in [0.717, 1.165) is 33.2 Å². The summed E-state index contributed by atoms with van der Waals surface area (Å²) >= 11 is 5.78. The van der Waals surface area contributed by atoms with E-state index in [1.54, 1.807) is 12.1 Å². The van der Waals surface area contributed by atoms with Crippen molar-refractivity contribution in [2.45, 2.75) is 39.9 Å². The Kier molecular flexibility index (Phi) is 7.08. The zero-order valence-corrected chi connectivity index (χ0v) is 20.4. The van der Waals surface area contributed by atoms with Gasteiger partial charge in [0, 0.05) is 12.1 Å². The third kappa shape index (κ3) is 5.51. The van der Waals surface area contributed by atoms with E-state index in [0.29, 0.717) is 23.8 Å². The van der Waals surface area contributed by atoms with Crippen molar-refractivity contribution in [3.63, 3.8) is 0 Å². The number of aryl methyl sites for hydroxylation is 2. The van der Waals surface area contributed by atoms with Crippen LogP contribution >= 0.6 is 12.2 Å². The number of benzene rings is 3. The van der Waals surface area contributed by atoms with E-state index in [1.165, 1.54) is 12.1 Å². The van der Waals surface area contributed by atoms with Crippen LogP contribution in [0.2, 0.25) is 0 Å². The Bertz CT molecular complexity index is 1370. The molecular weight excluding hydrogens is 445 g/mol. The second-order valence-electron chi connectivity index (χ2n) is 8.73. The van der Waals surface area contributed by atoms with Crippen molar-refractivity contribution in [2.75, 3.05) is 0 Å². The summed E-state index contributed by atoms with van der Waals surface area (Å²) in [6, 6.07) is 22.5. The van der Waals surface area contributed by atoms with Crippen LogP contribution in [0.15, 0.2) is 77.6 Å². The largest absolute Gasteiger partial charge is 0.356 e. The Hall–Kier alpha value is -3.51. The van der Waals surface area contributed by atoms with Gasteiger partial charge in [0.1, 0.15) is 5.82 Å². The van der Waals surface area contributed by atoms with Crippen molar-refractivity contribution < 1.29 is 4.39 Å². The first-order valence-corrected chi connectivity index (χ1v) is 11.7. The summed E-state index contributed by atoms with van der Waals surface area (Å²) in [7, 11) is 0. The normalized spacial score (nSPS) is 11.9. The molecule has 2 N–H and O–H groups in total. The zero-order valence-electron chi connectivity index (χ0n) is 19.6. The smallest absolute Gasteiger partial charge is 0.253 e. The summed E-state index contributed by atoms with van der Waals surface area (Å²) in [5.41, 5.74) is 5.53. The predicted octanol–water partition coefficient (Wildman–Crippen LogP) is 5.92. The Balaban J connectivity index is 1.65. The van der Waals surface area contributed by atoms with Crippen molar-refractivity contribution >= 4 is 28.2 Å². The van der Waals surface area contributed by atoms with Crippen LogP contribution in [0.5, 0.6) is 0 Å². The van der Waals surface area contributed by atoms with E-state index in [1.807, 2.05) is 62.1 Å². The molecule has 0 fully saturated rings. The van der Waals surface area contributed by atoms with E-state index in [-0.39, 0.29) is 17.4 Å². The summed E-state index contributed by atoms with van der Waals surface area (Å²) in [6.45, 7) is 6.85. The molecule has 34 heavy (non-hydrogen) atoms. The lowest BCUT2D eigenvalue weighted by Gasteiger charge is -2.28. The lowest BCUT2D eigenvalue weighted by Crippen LogP contribution is -2.41. The molecule has 1 heterocycles. The molecule has 0 aliphatic rings. The van der Waals surface area contributed by atoms with Crippen LogP contribution in [0.1, 0.15) is 40.8 Å². The average molecular weight is 474 g/mol. The van der Waals surface area contributed by atoms with Gasteiger partial charge in [-0.05, 0) is 79.3 Å². The molecular formula is C28H28FN3OS. The SMILES string of the molecule is Cc1cc(C)c2[nH]c(=O)c(CN(Cc3ccc(F)cc3)C(=S)N[C@H](C)c3ccccc3)cc2c1. The molecule has 0 saturated heterocycles. The van der Waals surface area contributed by atoms with Crippen molar-refractivity contribution in [2.24, 2.45) is 0 Å². The molecule has 3 aromatic carbocycles. The first-order valence-electron chi connectivity index (χ1n) is 11.3. The van der Waals surface area contributed by atoms with E-state index in [9.17, 15) is 9.18 Å². The minimum atomic E-state index is -0.287. The van der Waals surface area contributed by atoms with Gasteiger partial charge in [0.05, 0.1) is 18.1 Å². The number of fused-ring (bicyclic) bond motifs is 1. The highest BCUT2D eigenvalue weighted by Crippen LogP contribution is 2.20. The molecule has 1 aromatic heterocycles. The lowest BCUT2D eigenvalue weighted by molar-refractivity contribution is 0.392. The third-order valence-electron chi connectivity index (χ3n) is 5.94. The molecule has 4 rings (SSSR count). The molecule has 4 aromatic rings. The van der Waals surface area contributed by atoms with Gasteiger partial charge in [0.15, 0.2) is 5.11 Å². The summed E-state index contributed by atoms with van der Waals surface area (Å²) in [5, 5.41) is 4.91. The second-order valence-corrected chi connectivity index (χ2v) is 9.12. The van der Waals surface area contributed by atoms with Gasteiger partial charge in [-0.1, -0.05) is 54.1 Å². The van der Waals surface area contributed by atoms with Crippen LogP contribution in [-0.2, 0) is 13.1 Å². The molecule has 0 bridgehead atoms. The highest BCUT2D eigenvalue weighted by Gasteiger charge is 2.17. The Morgan fingerprint density at radius 3 is 2.44 bits per heavy atom. The van der Waals surface area contributed by atoms with Gasteiger partial charge in [-0.15, -0.1) is 0 Å². The maximum atomic E-state index is 13.5. The molecule has 6 heteroatoms. The molecule has 0 spiro atoms. The fraction of sp³-hybridized carbons (Fsp3) is 0.214. The summed E-state index contributed by atoms with van der Waals surface area (Å²) in [6.07, 6.45) is 0. The number of H-pyrrole nitrogens is 1. The number of halogens is 1. The summed E-state index contributed by atoms with van der Waals surface area (Å²) < 4.78 is 13.5. The Labute approximate surface area is 204 Å². The molecule has 0 saturated carbocycles. The van der Waals surface area contributed by atoms with Gasteiger partial charge in [-0.3, -0.25) is 4.79 Å². The number of hydrogen-bond donors (Lipinski definition) is 2. The van der Waals surface area contributed by atoms with Gasteiger partial charge < -0.3 is 15.2 Å². The summed E-state index contributed by atoms with van der Waals surface area (Å²) in [5.74, 6) is -0.287. The topological polar surface area (TPSA) is 48.1 Å². The molecule has 0 radical (unpaired) electrons. The molecule has 174 valence electrons. The number of aromatic nitrogens is 1. The Morgan fingerprint density at radius 1 is 1.03 bits per heavy atom. The van der Waals surface area contributed by atoms with Gasteiger partial charge in [-0.25, -0.2) is 4.39 Å². The maximum Gasteiger partial charge on any atom is 0.253 e. The van der Waals surface area contributed by atoms with E-state index in [2.05, 4.69) is 22.4 Å². The fourth-order valence-electron chi connectivity index (χ4n) is 4.17. The first kappa shape index (κ1) is 23.6. The highest BCUT2D eigenvalue weighted by molar-refractivity contribution is 7.80. The van der Waals surface area contributed by atoms with Crippen molar-refractivity contribution in [3.05, 3.63) is 117 Å². The van der Waals surface area contributed by atoms with Crippen LogP contribution in [-0.4, -0.2) is 15.0 Å². The number of rotatable bonds is 6. The number of hydrogen-bond acceptors (Lipinski definition) is 2. The van der Waals surface area contributed by atoms with Gasteiger partial charge in [-0.2, -0.15) is 0 Å². The molecule has 0 unspecified atom stereocenters. The minimum absolute atomic E-state index is 0.00963. The van der Waals surface area contributed by atoms with E-state index >= 15 is 0 Å². The van der Waals surface area contributed by atoms with Crippen LogP contribution in [0.25, 0.3) is 10.9 Å². The molecule has 1 atom stereocenters. The number of aromatic amines is 1. The average Bonchev–Trinajstić information content (AvgIpc) is 2.81. The van der Waals surface area contributed by atoms with Crippen molar-refractivity contribution in [1.82, 2.24) is 15.2 Å². The summed E-state index contributed by atoms with van der Waals surface area (Å²) in [4.78, 5) is 18.0. The van der Waals surface area contributed by atoms with Gasteiger partial charge in [0.2, 0.25) is 0 Å². The fourth-order valence-corrected chi connectivity index (χ4v) is 4.47. The first-order chi connectivity index (χ1) is 16.3. The van der Waals surface area contributed by atoms with Gasteiger partial charge in [0.25, 0.3) is 5.56 Å². The van der Waals surface area contributed by atoms with Crippen molar-refractivity contribution in [3.8, 4) is 0 Å². The highest BCUT2D eigenvalue weighted by atomic mass is 32.1. The van der Waals surface area contributed by atoms with Crippen LogP contribution in [0.3, 0.4) is 0 Å². The number of pyridine rings is 1. The zero-order chi connectivity index (χ0) is 24.2. The maximum absolute atomic E-state index is 13.5. The molecule has 0 aliphatic heterocycles. The van der Waals surface area contributed by atoms with Crippen LogP contribution < -0.4 is 10.9 Å². The predicted molar refractivity (Wildman–Crippen MR) is 140 cm³/mol. The van der Waals surface area contributed by atoms with Crippen LogP contribution in [0, 0.1) is 19.7 Å². The van der Waals surface area contributed by atoms with E-state index < -0.39 is 0 Å². The second kappa shape index (κ2) is 10.2. The third-order valence-corrected chi connectivity index (χ3v) is 6.32. The monoisotopic (exact) mass is 473 g/mol. The number of thiocarbonyl (C=S) groups is 1. The minimum Gasteiger partial charge on any atom is -0.356 e. The Morgan fingerprint density at radius 2 is 1.74 bits per heavy atom.